The van der Waals surface area contributed by atoms with Crippen molar-refractivity contribution >= 4 is 17.5 Å². The molecule has 0 unspecified atom stereocenters. The minimum atomic E-state index is -0.132. The van der Waals surface area contributed by atoms with E-state index in [9.17, 15) is 9.59 Å². The molecule has 0 spiro atoms. The van der Waals surface area contributed by atoms with Crippen LogP contribution in [0.25, 0.3) is 0 Å². The van der Waals surface area contributed by atoms with Crippen LogP contribution in [0.2, 0.25) is 0 Å². The summed E-state index contributed by atoms with van der Waals surface area (Å²) in [6.07, 6.45) is 2.06. The molecule has 132 valence electrons. The van der Waals surface area contributed by atoms with Gasteiger partial charge in [-0.3, -0.25) is 9.59 Å². The van der Waals surface area contributed by atoms with E-state index < -0.39 is 0 Å². The Kier molecular flexibility index (Phi) is 3.37. The van der Waals surface area contributed by atoms with Crippen LogP contribution < -0.4 is 4.90 Å². The lowest BCUT2D eigenvalue weighted by Gasteiger charge is -2.28. The summed E-state index contributed by atoms with van der Waals surface area (Å²) in [5, 5.41) is 0. The Hall–Kier alpha value is -2.42. The molecule has 0 N–H and O–H groups in total. The Morgan fingerprint density at radius 1 is 0.885 bits per heavy atom. The zero-order chi connectivity index (χ0) is 18.0. The van der Waals surface area contributed by atoms with E-state index in [0.29, 0.717) is 17.8 Å². The summed E-state index contributed by atoms with van der Waals surface area (Å²) in [7, 11) is 0. The van der Waals surface area contributed by atoms with Gasteiger partial charge in [-0.15, -0.1) is 0 Å². The Morgan fingerprint density at radius 3 is 2.35 bits per heavy atom. The number of benzene rings is 2. The molecule has 2 saturated carbocycles. The highest BCUT2D eigenvalue weighted by molar-refractivity contribution is 6.23. The van der Waals surface area contributed by atoms with Crippen LogP contribution in [0.1, 0.15) is 35.4 Å². The molecule has 5 rings (SSSR count). The molecular formula is C23H23NO2. The number of hydrogen-bond acceptors (Lipinski definition) is 2. The molecule has 2 amide bonds. The molecule has 5 atom stereocenters. The maximum atomic E-state index is 13.3. The predicted octanol–water partition coefficient (Wildman–Crippen LogP) is 4.23. The number of hydrogen-bond donors (Lipinski definition) is 0. The van der Waals surface area contributed by atoms with Crippen LogP contribution in [0.15, 0.2) is 48.5 Å². The van der Waals surface area contributed by atoms with E-state index in [1.165, 1.54) is 10.5 Å². The van der Waals surface area contributed by atoms with Crippen LogP contribution in [0.5, 0.6) is 0 Å². The molecule has 3 aliphatic rings. The van der Waals surface area contributed by atoms with Crippen LogP contribution in [0.3, 0.4) is 0 Å². The minimum absolute atomic E-state index is 0.0279. The maximum Gasteiger partial charge on any atom is 0.238 e. The third-order valence-electron chi connectivity index (χ3n) is 6.84. The largest absolute Gasteiger partial charge is 0.274 e. The molecule has 3 heteroatoms. The second-order valence-corrected chi connectivity index (χ2v) is 8.27. The quantitative estimate of drug-likeness (QED) is 0.764. The first-order valence-corrected chi connectivity index (χ1v) is 9.56. The molecule has 3 nitrogen and oxygen atoms in total. The fraction of sp³-hybridized carbons (Fsp3) is 0.391. The summed E-state index contributed by atoms with van der Waals surface area (Å²) in [5.74, 6) is 0.895. The van der Waals surface area contributed by atoms with Gasteiger partial charge in [0.25, 0.3) is 0 Å². The Labute approximate surface area is 154 Å². The fourth-order valence-electron chi connectivity index (χ4n) is 5.84. The van der Waals surface area contributed by atoms with Crippen molar-refractivity contribution in [2.75, 3.05) is 4.90 Å². The fourth-order valence-corrected chi connectivity index (χ4v) is 5.84. The zero-order valence-corrected chi connectivity index (χ0v) is 15.2. The summed E-state index contributed by atoms with van der Waals surface area (Å²) in [5.41, 5.74) is 4.24. The summed E-state index contributed by atoms with van der Waals surface area (Å²) >= 11 is 0. The highest BCUT2D eigenvalue weighted by Crippen LogP contribution is 2.61. The minimum Gasteiger partial charge on any atom is -0.274 e. The number of rotatable bonds is 2. The molecule has 1 aliphatic heterocycles. The lowest BCUT2D eigenvalue weighted by molar-refractivity contribution is -0.123. The molecule has 1 heterocycles. The summed E-state index contributed by atoms with van der Waals surface area (Å²) in [4.78, 5) is 28.0. The van der Waals surface area contributed by atoms with E-state index in [1.807, 2.05) is 38.1 Å². The molecular weight excluding hydrogens is 322 g/mol. The lowest BCUT2D eigenvalue weighted by Crippen LogP contribution is -2.33. The van der Waals surface area contributed by atoms with E-state index in [-0.39, 0.29) is 23.7 Å². The third-order valence-corrected chi connectivity index (χ3v) is 6.84. The zero-order valence-electron chi connectivity index (χ0n) is 15.2. The average Bonchev–Trinajstić information content (AvgIpc) is 3.29. The third kappa shape index (κ3) is 2.06. The van der Waals surface area contributed by atoms with Gasteiger partial charge in [0, 0.05) is 0 Å². The van der Waals surface area contributed by atoms with Crippen molar-refractivity contribution in [2.45, 2.75) is 32.6 Å². The summed E-state index contributed by atoms with van der Waals surface area (Å²) < 4.78 is 0. The summed E-state index contributed by atoms with van der Waals surface area (Å²) in [6.45, 7) is 4.02. The Bertz CT molecular complexity index is 904. The number of anilines is 1. The van der Waals surface area contributed by atoms with Crippen LogP contribution in [-0.4, -0.2) is 11.8 Å². The van der Waals surface area contributed by atoms with Gasteiger partial charge in [-0.1, -0.05) is 48.0 Å². The van der Waals surface area contributed by atoms with Crippen molar-refractivity contribution in [3.05, 3.63) is 65.2 Å². The molecule has 1 saturated heterocycles. The number of amides is 2. The van der Waals surface area contributed by atoms with Crippen LogP contribution in [0.4, 0.5) is 5.69 Å². The molecule has 2 aromatic carbocycles. The SMILES string of the molecule is Cc1ccc(N2C(=O)[C@H]3[C@H]4C[C@@H]([C@@H]3C2=O)[C@@H](c2ccccc2)C4)c(C)c1. The van der Waals surface area contributed by atoms with Crippen molar-refractivity contribution in [1.82, 2.24) is 0 Å². The van der Waals surface area contributed by atoms with Crippen molar-refractivity contribution in [2.24, 2.45) is 23.7 Å². The van der Waals surface area contributed by atoms with E-state index in [2.05, 4.69) is 24.3 Å². The monoisotopic (exact) mass is 345 g/mol. The Balaban J connectivity index is 1.51. The highest BCUT2D eigenvalue weighted by Gasteiger charge is 2.64. The van der Waals surface area contributed by atoms with Gasteiger partial charge in [0.15, 0.2) is 0 Å². The standard InChI is InChI=1S/C23H23NO2/c1-13-8-9-19(14(2)10-13)24-22(25)20-16-11-17(15-6-4-3-5-7-15)18(12-16)21(20)23(24)26/h3-10,16-18,20-21H,11-12H2,1-2H3/t16-,17-,18-,20+,21+/m1/s1. The van der Waals surface area contributed by atoms with Gasteiger partial charge < -0.3 is 0 Å². The van der Waals surface area contributed by atoms with Gasteiger partial charge in [-0.05, 0) is 61.6 Å². The number of fused-ring (bicyclic) bond motifs is 5. The van der Waals surface area contributed by atoms with Gasteiger partial charge in [0.1, 0.15) is 0 Å². The first-order chi connectivity index (χ1) is 12.6. The second-order valence-electron chi connectivity index (χ2n) is 8.27. The van der Waals surface area contributed by atoms with Gasteiger partial charge in [0.05, 0.1) is 17.5 Å². The van der Waals surface area contributed by atoms with E-state index in [1.54, 1.807) is 0 Å². The van der Waals surface area contributed by atoms with Crippen LogP contribution >= 0.6 is 0 Å². The molecule has 0 aromatic heterocycles. The molecule has 26 heavy (non-hydrogen) atoms. The smallest absolute Gasteiger partial charge is 0.238 e. The van der Waals surface area contributed by atoms with Gasteiger partial charge in [0.2, 0.25) is 11.8 Å². The number of imide groups is 1. The normalized spacial score (nSPS) is 32.4. The first kappa shape index (κ1) is 15.8. The van der Waals surface area contributed by atoms with E-state index in [0.717, 1.165) is 29.7 Å². The maximum absolute atomic E-state index is 13.3. The Morgan fingerprint density at radius 2 is 1.62 bits per heavy atom. The number of carbonyl (C=O) groups is 2. The average molecular weight is 345 g/mol. The molecule has 2 aliphatic carbocycles. The van der Waals surface area contributed by atoms with Gasteiger partial charge >= 0.3 is 0 Å². The molecule has 0 radical (unpaired) electrons. The molecule has 2 bridgehead atoms. The molecule has 2 aromatic rings. The van der Waals surface area contributed by atoms with Crippen molar-refractivity contribution in [3.63, 3.8) is 0 Å². The predicted molar refractivity (Wildman–Crippen MR) is 101 cm³/mol. The number of nitrogens with zero attached hydrogens (tertiary/aromatic N) is 1. The number of carbonyl (C=O) groups excluding carboxylic acids is 2. The van der Waals surface area contributed by atoms with Crippen molar-refractivity contribution in [1.29, 1.82) is 0 Å². The van der Waals surface area contributed by atoms with Gasteiger partial charge in [-0.25, -0.2) is 4.90 Å². The van der Waals surface area contributed by atoms with Crippen LogP contribution in [-0.2, 0) is 9.59 Å². The van der Waals surface area contributed by atoms with E-state index >= 15 is 0 Å². The lowest BCUT2D eigenvalue weighted by atomic mass is 9.73. The second kappa shape index (κ2) is 5.54. The first-order valence-electron chi connectivity index (χ1n) is 9.56. The van der Waals surface area contributed by atoms with Crippen LogP contribution in [0, 0.1) is 37.5 Å². The van der Waals surface area contributed by atoms with E-state index in [4.69, 9.17) is 0 Å². The number of aryl methyl sites for hydroxylation is 2. The summed E-state index contributed by atoms with van der Waals surface area (Å²) in [6, 6.07) is 16.5. The van der Waals surface area contributed by atoms with Crippen molar-refractivity contribution < 1.29 is 9.59 Å². The topological polar surface area (TPSA) is 37.4 Å². The van der Waals surface area contributed by atoms with Crippen molar-refractivity contribution in [3.8, 4) is 0 Å². The molecule has 3 fully saturated rings. The highest BCUT2D eigenvalue weighted by atomic mass is 16.2. The van der Waals surface area contributed by atoms with Gasteiger partial charge in [-0.2, -0.15) is 0 Å².